The molecule has 0 saturated carbocycles. The van der Waals surface area contributed by atoms with Gasteiger partial charge in [0, 0.05) is 422 Å². The summed E-state index contributed by atoms with van der Waals surface area (Å²) in [4.78, 5) is 0. The Bertz CT molecular complexity index is 2300. The molecule has 0 unspecified atom stereocenters. The quantitative estimate of drug-likeness (QED) is 0.0533. The Morgan fingerprint density at radius 3 is 0.173 bits per heavy atom. The highest BCUT2D eigenvalue weighted by Gasteiger charge is 2.73. The smallest absolute Gasteiger partial charge is 0.000000100 e. The van der Waals surface area contributed by atoms with Gasteiger partial charge >= 0.3 is 0 Å². The molecule has 0 bridgehead atoms. The molecular formula is H135B133. The molecule has 0 atom stereocenters. The van der Waals surface area contributed by atoms with Crippen LogP contribution < -0.4 is 0 Å². The molecule has 0 heterocycles. The Balaban J connectivity index is 17.7. The normalized spacial score (nSPS) is 9.86. The van der Waals surface area contributed by atoms with Gasteiger partial charge in [-0.1, -0.05) is 0 Å². The summed E-state index contributed by atoms with van der Waals surface area (Å²) in [7, 11) is 193. The minimum Gasteiger partial charge on any atom is 0.000000100 e. The molecule has 0 N–H and O–H groups in total. The summed E-state index contributed by atoms with van der Waals surface area (Å²) in [6, 6.07) is 0. The SMILES string of the molecule is BBB(B(B)B)B(B(B(B)B)B(B)B)B(B(B(B)B)B(B)B)B(B(B(B(B)B)B(B)B)B(B(B)B)B(B)B)B(B(B(B(B(B)B)B(B)B)B(B(B)B)B(B)B)B(B(B(B)B)B(B)B)B(B(B)B)B(B)B)B(B(B(B(B(B)B)B(B)B)B(B(B)B)B(B)B)B(B(B(B)B)B(B)B)B(B(B)B)B(B)B)B(B(B(B(B)B)B(B)B)B(B(B)B)B(B)B)B(B(B(B)B)B(B)B)B(B(B)B)B(B)B. The van der Waals surface area contributed by atoms with E-state index in [1.807, 2.05) is 0 Å². The van der Waals surface area contributed by atoms with Crippen molar-refractivity contribution in [2.24, 2.45) is 0 Å². The van der Waals surface area contributed by atoms with E-state index in [0.717, 1.165) is 0 Å². The van der Waals surface area contributed by atoms with E-state index in [-0.39, 0.29) is 12.8 Å². The second-order valence-corrected chi connectivity index (χ2v) is 60.0. The van der Waals surface area contributed by atoms with E-state index >= 15 is 0 Å². The molecule has 0 aromatic carbocycles. The fourth-order valence-corrected chi connectivity index (χ4v) is 39.3. The fraction of sp³-hybridized carbons (Fsp3) is 0. The molecule has 0 radical (unpaired) electrons. The standard InChI is InChI=1S/B133H135/c1-68-102(69(2)3)119(103(70(4)5)71(6)7)127(118(100(64)65)101(66)67)131(126(116(96(56)57)97(58)59)117(98(60)61)99(62)63)133(130(124(112(88(40)41)89(42)43)113(90(44)45)91(46)47)125(114(92(48)49)93(50)51)115(94(52)53)95(54)55)132(128(120(104(72(8)9)73(10)11)105(74(12)13)75(14)15)121(106(76(16)17)77(18)19)107(78(20)21)79(22)23)129(122(108(80(24)25)81(26)27)109(82(28)29)83(30)31)123(110(84(32)33)85(34)35)111(86(36)37)87(38)39/h68H,1-67H2. The zero-order valence-electron chi connectivity index (χ0n) is 105. The molecule has 0 aromatic heterocycles. The average molecular weight is 1570 g/mol. The predicted octanol–water partition coefficient (Wildman–Crippen LogP) is -86.8. The molecule has 0 aliphatic rings. The van der Waals surface area contributed by atoms with Crippen molar-refractivity contribution in [1.82, 2.24) is 0 Å². The van der Waals surface area contributed by atoms with E-state index in [4.69, 9.17) is 0 Å². The van der Waals surface area contributed by atoms with E-state index in [0.29, 0.717) is 402 Å². The Morgan fingerprint density at radius 2 is 0.120 bits per heavy atom. The van der Waals surface area contributed by atoms with Crippen LogP contribution in [0.3, 0.4) is 0 Å². The molecule has 0 amide bonds. The molecule has 0 nitrogen and oxygen atoms in total. The number of rotatable bonds is 65. The molecule has 0 fully saturated rings. The summed E-state index contributed by atoms with van der Waals surface area (Å²) in [5, 5.41) is 0. The molecule has 133 heavy (non-hydrogen) atoms. The fourth-order valence-electron chi connectivity index (χ4n) is 39.3. The van der Waals surface area contributed by atoms with E-state index in [2.05, 4.69) is 518 Å². The first kappa shape index (κ1) is 142. The Labute approximate surface area is 930 Å². The maximum absolute atomic E-state index is 2.90. The molecule has 0 rings (SSSR count). The third-order valence-corrected chi connectivity index (χ3v) is 39.8. The summed E-state index contributed by atoms with van der Waals surface area (Å²) < 4.78 is 0. The van der Waals surface area contributed by atoms with Gasteiger partial charge in [-0.3, -0.25) is 0 Å². The van der Waals surface area contributed by atoms with E-state index in [1.165, 1.54) is 7.06 Å². The maximum Gasteiger partial charge on any atom is 0.0593 e. The van der Waals surface area contributed by atoms with Crippen LogP contribution in [0.4, 0.5) is 0 Å². The monoisotopic (exact) mass is 1600 g/mol. The van der Waals surface area contributed by atoms with Crippen molar-refractivity contribution in [1.29, 1.82) is 0 Å². The van der Waals surface area contributed by atoms with Crippen molar-refractivity contribution in [2.45, 2.75) is 0 Å². The molecular weight excluding hydrogens is 1440 g/mol. The van der Waals surface area contributed by atoms with Gasteiger partial charge in [-0.25, -0.2) is 0 Å². The van der Waals surface area contributed by atoms with Crippen LogP contribution in [0.15, 0.2) is 0 Å². The Kier molecular flexibility index (Phi) is 69.7. The van der Waals surface area contributed by atoms with Crippen LogP contribution in [-0.4, -0.2) is 940 Å². The average Bonchev–Trinajstić information content (AvgIpc) is 0.697. The summed E-state index contributed by atoms with van der Waals surface area (Å²) in [6.45, 7) is 0. The van der Waals surface area contributed by atoms with Crippen LogP contribution in [0.5, 0.6) is 0 Å². The highest BCUT2D eigenvalue weighted by molar-refractivity contribution is 8.47. The second kappa shape index (κ2) is 65.5. The van der Waals surface area contributed by atoms with Crippen LogP contribution in [0.1, 0.15) is 0 Å². The molecule has 0 aliphatic heterocycles. The highest BCUT2D eigenvalue weighted by atomic mass is 13.5. The lowest BCUT2D eigenvalue weighted by Gasteiger charge is -2.65. The molecule has 0 aliphatic carbocycles. The van der Waals surface area contributed by atoms with Gasteiger partial charge < -0.3 is 0 Å². The predicted molar refractivity (Wildman–Crippen MR) is 954 cm³/mol. The third-order valence-electron chi connectivity index (χ3n) is 39.8. The van der Waals surface area contributed by atoms with Gasteiger partial charge in [-0.2, -0.15) is 0 Å². The zero-order chi connectivity index (χ0) is 105. The molecule has 0 aromatic rings. The largest absolute Gasteiger partial charge is 0.0593 e. The van der Waals surface area contributed by atoms with Gasteiger partial charge in [0.2, 0.25) is 0 Å². The highest BCUT2D eigenvalue weighted by Crippen LogP contribution is 2.34. The maximum atomic E-state index is 2.90. The molecule has 0 spiro atoms. The number of hydrogen-bond donors (Lipinski definition) is 0. The van der Waals surface area contributed by atoms with E-state index in [1.54, 1.807) is 0 Å². The first-order chi connectivity index (χ1) is 60.6. The summed E-state index contributed by atoms with van der Waals surface area (Å²) in [6.07, 6.45) is 28.9. The van der Waals surface area contributed by atoms with Crippen LogP contribution >= 0.6 is 0 Å². The molecule has 133 heteroatoms. The zero-order valence-corrected chi connectivity index (χ0v) is 105. The number of hydrogen-bond acceptors (Lipinski definition) is 0. The van der Waals surface area contributed by atoms with Gasteiger partial charge in [-0.05, 0) is 0 Å². The lowest BCUT2D eigenvalue weighted by atomic mass is 8.16. The van der Waals surface area contributed by atoms with Crippen LogP contribution in [0.25, 0.3) is 0 Å². The van der Waals surface area contributed by atoms with Gasteiger partial charge in [0.15, 0.2) is 0 Å². The minimum absolute atomic E-state index is 0.280. The first-order valence-electron chi connectivity index (χ1n) is 60.6. The summed E-state index contributed by atoms with van der Waals surface area (Å²) >= 11 is 0. The van der Waals surface area contributed by atoms with Crippen molar-refractivity contribution in [2.75, 3.05) is 0 Å². The lowest BCUT2D eigenvalue weighted by molar-refractivity contribution is 3.10. The second-order valence-electron chi connectivity index (χ2n) is 60.0. The van der Waals surface area contributed by atoms with E-state index < -0.39 is 0 Å². The Morgan fingerprint density at radius 1 is 0.0677 bits per heavy atom. The molecule has 0 saturated heterocycles. The van der Waals surface area contributed by atoms with Crippen molar-refractivity contribution in [3.8, 4) is 0 Å². The first-order valence-corrected chi connectivity index (χ1v) is 60.6. The van der Waals surface area contributed by atoms with Crippen molar-refractivity contribution in [3.05, 3.63) is 0 Å². The topological polar surface area (TPSA) is 0 Å². The summed E-state index contributed by atoms with van der Waals surface area (Å²) in [5.74, 6) is 0. The Hall–Kier alpha value is 8.64. The van der Waals surface area contributed by atoms with Crippen molar-refractivity contribution in [3.63, 3.8) is 0 Å². The van der Waals surface area contributed by atoms with Gasteiger partial charge in [-0.15, -0.1) is 0 Å². The minimum atomic E-state index is 0.280. The lowest BCUT2D eigenvalue weighted by Crippen LogP contribution is -3.03. The molecule has 534 valence electrons. The van der Waals surface area contributed by atoms with Crippen LogP contribution in [0, 0.1) is 0 Å². The van der Waals surface area contributed by atoms with Crippen LogP contribution in [0.2, 0.25) is 0 Å². The van der Waals surface area contributed by atoms with Gasteiger partial charge in [0.1, 0.15) is 0 Å². The van der Waals surface area contributed by atoms with Crippen molar-refractivity contribution < 1.29 is 0 Å². The van der Waals surface area contributed by atoms with Crippen LogP contribution in [-0.2, 0) is 0 Å². The van der Waals surface area contributed by atoms with Gasteiger partial charge in [0.25, 0.3) is 0 Å². The van der Waals surface area contributed by atoms with Gasteiger partial charge in [0.05, 0.1) is 518 Å². The summed E-state index contributed by atoms with van der Waals surface area (Å²) in [5.41, 5.74) is 0. The van der Waals surface area contributed by atoms with E-state index in [9.17, 15) is 0 Å². The van der Waals surface area contributed by atoms with Crippen molar-refractivity contribution >= 4 is 940 Å². The third kappa shape index (κ3) is 38.0.